The first-order valence-corrected chi connectivity index (χ1v) is 6.00. The summed E-state index contributed by atoms with van der Waals surface area (Å²) >= 11 is 0. The van der Waals surface area contributed by atoms with Crippen LogP contribution < -0.4 is 0 Å². The van der Waals surface area contributed by atoms with E-state index in [9.17, 15) is 8.42 Å². The highest BCUT2D eigenvalue weighted by Crippen LogP contribution is 2.18. The Hall–Kier alpha value is -0.130. The third-order valence-electron chi connectivity index (χ3n) is 2.40. The quantitative estimate of drug-likeness (QED) is 0.675. The summed E-state index contributed by atoms with van der Waals surface area (Å²) < 4.78 is 30.0. The van der Waals surface area contributed by atoms with Crippen molar-refractivity contribution in [2.45, 2.75) is 31.6 Å². The Morgan fingerprint density at radius 2 is 2.08 bits per heavy atom. The molecule has 0 aromatic heterocycles. The molecule has 78 valence electrons. The molecule has 13 heavy (non-hydrogen) atoms. The largest absolute Gasteiger partial charge is 0.380 e. The van der Waals surface area contributed by atoms with E-state index in [0.29, 0.717) is 13.1 Å². The molecule has 1 fully saturated rings. The molecule has 0 aromatic rings. The van der Waals surface area contributed by atoms with Crippen LogP contribution in [0.25, 0.3) is 0 Å². The van der Waals surface area contributed by atoms with Crippen LogP contribution in [-0.2, 0) is 14.8 Å². The summed E-state index contributed by atoms with van der Waals surface area (Å²) in [5.74, 6) is 0. The topological polar surface area (TPSA) is 46.6 Å². The van der Waals surface area contributed by atoms with Gasteiger partial charge in [0.25, 0.3) is 0 Å². The van der Waals surface area contributed by atoms with E-state index in [0.717, 1.165) is 6.42 Å². The van der Waals surface area contributed by atoms with Gasteiger partial charge in [0.2, 0.25) is 10.0 Å². The molecule has 1 atom stereocenters. The Bertz CT molecular complexity index is 261. The summed E-state index contributed by atoms with van der Waals surface area (Å²) in [6.07, 6.45) is 0.885. The fraction of sp³-hybridized carbons (Fsp3) is 1.00. The number of rotatable bonds is 3. The molecule has 1 aliphatic heterocycles. The maximum Gasteiger partial charge on any atom is 0.216 e. The van der Waals surface area contributed by atoms with Gasteiger partial charge in [-0.05, 0) is 20.3 Å². The van der Waals surface area contributed by atoms with E-state index in [1.807, 2.05) is 0 Å². The average molecular weight is 207 g/mol. The molecule has 0 N–H and O–H groups in total. The van der Waals surface area contributed by atoms with Crippen LogP contribution in [0.3, 0.4) is 0 Å². The van der Waals surface area contributed by atoms with Gasteiger partial charge >= 0.3 is 0 Å². The Labute approximate surface area is 79.9 Å². The minimum Gasteiger partial charge on any atom is -0.380 e. The maximum atomic E-state index is 11.7. The van der Waals surface area contributed by atoms with E-state index in [4.69, 9.17) is 4.74 Å². The van der Waals surface area contributed by atoms with Gasteiger partial charge in [-0.1, -0.05) is 0 Å². The zero-order chi connectivity index (χ0) is 10.1. The molecule has 1 rings (SSSR count). The molecule has 1 heterocycles. The van der Waals surface area contributed by atoms with E-state index in [1.54, 1.807) is 21.0 Å². The molecule has 4 nitrogen and oxygen atoms in total. The van der Waals surface area contributed by atoms with E-state index >= 15 is 0 Å². The molecule has 0 unspecified atom stereocenters. The van der Waals surface area contributed by atoms with Crippen LogP contribution in [0.2, 0.25) is 0 Å². The van der Waals surface area contributed by atoms with Gasteiger partial charge in [-0.25, -0.2) is 8.42 Å². The Kier molecular flexibility index (Phi) is 3.32. The zero-order valence-electron chi connectivity index (χ0n) is 8.36. The van der Waals surface area contributed by atoms with Gasteiger partial charge in [0, 0.05) is 20.2 Å². The molecule has 0 saturated carbocycles. The van der Waals surface area contributed by atoms with Gasteiger partial charge < -0.3 is 4.74 Å². The van der Waals surface area contributed by atoms with Crippen LogP contribution in [-0.4, -0.2) is 44.3 Å². The van der Waals surface area contributed by atoms with Crippen LogP contribution in [0.5, 0.6) is 0 Å². The van der Waals surface area contributed by atoms with Gasteiger partial charge in [0.05, 0.1) is 11.4 Å². The molecule has 0 aromatic carbocycles. The molecule has 1 aliphatic rings. The third-order valence-corrected chi connectivity index (χ3v) is 4.64. The first kappa shape index (κ1) is 10.9. The Balaban J connectivity index is 2.66. The van der Waals surface area contributed by atoms with Crippen molar-refractivity contribution < 1.29 is 13.2 Å². The van der Waals surface area contributed by atoms with Crippen molar-refractivity contribution in [3.05, 3.63) is 0 Å². The van der Waals surface area contributed by atoms with E-state index in [2.05, 4.69) is 0 Å². The van der Waals surface area contributed by atoms with Gasteiger partial charge in [0.1, 0.15) is 0 Å². The number of sulfonamides is 1. The van der Waals surface area contributed by atoms with Crippen molar-refractivity contribution in [3.63, 3.8) is 0 Å². The van der Waals surface area contributed by atoms with Crippen molar-refractivity contribution in [1.29, 1.82) is 0 Å². The lowest BCUT2D eigenvalue weighted by Crippen LogP contribution is -2.35. The van der Waals surface area contributed by atoms with Crippen LogP contribution >= 0.6 is 0 Å². The van der Waals surface area contributed by atoms with Crippen molar-refractivity contribution in [1.82, 2.24) is 4.31 Å². The SMILES string of the molecule is CO[C@H]1CCN(S(=O)(=O)C(C)C)C1. The second-order valence-electron chi connectivity index (χ2n) is 3.60. The van der Waals surface area contributed by atoms with Crippen molar-refractivity contribution in [2.75, 3.05) is 20.2 Å². The lowest BCUT2D eigenvalue weighted by molar-refractivity contribution is 0.115. The molecule has 5 heteroatoms. The second kappa shape index (κ2) is 3.94. The monoisotopic (exact) mass is 207 g/mol. The summed E-state index contributed by atoms with van der Waals surface area (Å²) in [4.78, 5) is 0. The summed E-state index contributed by atoms with van der Waals surface area (Å²) in [7, 11) is -1.45. The number of ether oxygens (including phenoxy) is 1. The summed E-state index contributed by atoms with van der Waals surface area (Å²) in [6.45, 7) is 4.51. The minimum atomic E-state index is -3.07. The van der Waals surface area contributed by atoms with Gasteiger partial charge in [-0.15, -0.1) is 0 Å². The van der Waals surface area contributed by atoms with Crippen molar-refractivity contribution in [2.24, 2.45) is 0 Å². The molecular formula is C8H17NO3S. The van der Waals surface area contributed by atoms with Crippen molar-refractivity contribution >= 4 is 10.0 Å². The van der Waals surface area contributed by atoms with Crippen LogP contribution in [0, 0.1) is 0 Å². The first-order chi connectivity index (χ1) is 5.98. The normalized spacial score (nSPS) is 25.7. The van der Waals surface area contributed by atoms with Crippen LogP contribution in [0.1, 0.15) is 20.3 Å². The summed E-state index contributed by atoms with van der Waals surface area (Å²) in [6, 6.07) is 0. The fourth-order valence-electron chi connectivity index (χ4n) is 1.42. The molecule has 0 bridgehead atoms. The summed E-state index contributed by atoms with van der Waals surface area (Å²) in [5.41, 5.74) is 0. The van der Waals surface area contributed by atoms with Gasteiger partial charge in [-0.2, -0.15) is 4.31 Å². The Morgan fingerprint density at radius 3 is 2.46 bits per heavy atom. The first-order valence-electron chi connectivity index (χ1n) is 4.50. The number of nitrogens with zero attached hydrogens (tertiary/aromatic N) is 1. The van der Waals surface area contributed by atoms with E-state index in [-0.39, 0.29) is 11.4 Å². The molecule has 0 spiro atoms. The van der Waals surface area contributed by atoms with Gasteiger partial charge in [0.15, 0.2) is 0 Å². The molecule has 0 radical (unpaired) electrons. The minimum absolute atomic E-state index is 0.0773. The standard InChI is InChI=1S/C8H17NO3S/c1-7(2)13(10,11)9-5-4-8(6-9)12-3/h7-8H,4-6H2,1-3H3/t8-/m0/s1. The zero-order valence-corrected chi connectivity index (χ0v) is 9.17. The molecular weight excluding hydrogens is 190 g/mol. The number of hydrogen-bond donors (Lipinski definition) is 0. The van der Waals surface area contributed by atoms with Crippen LogP contribution in [0.15, 0.2) is 0 Å². The fourth-order valence-corrected chi connectivity index (χ4v) is 2.75. The molecule has 1 saturated heterocycles. The van der Waals surface area contributed by atoms with Gasteiger partial charge in [-0.3, -0.25) is 0 Å². The van der Waals surface area contributed by atoms with E-state index in [1.165, 1.54) is 4.31 Å². The number of hydrogen-bond acceptors (Lipinski definition) is 3. The predicted octanol–water partition coefficient (Wildman–Crippen LogP) is 0.445. The smallest absolute Gasteiger partial charge is 0.216 e. The third kappa shape index (κ3) is 2.21. The average Bonchev–Trinajstić information content (AvgIpc) is 2.51. The maximum absolute atomic E-state index is 11.7. The molecule has 0 aliphatic carbocycles. The lowest BCUT2D eigenvalue weighted by Gasteiger charge is -2.18. The lowest BCUT2D eigenvalue weighted by atomic mass is 10.3. The summed E-state index contributed by atoms with van der Waals surface area (Å²) in [5, 5.41) is -0.330. The highest BCUT2D eigenvalue weighted by Gasteiger charge is 2.32. The second-order valence-corrected chi connectivity index (χ2v) is 6.09. The Morgan fingerprint density at radius 1 is 1.46 bits per heavy atom. The van der Waals surface area contributed by atoms with Crippen LogP contribution in [0.4, 0.5) is 0 Å². The highest BCUT2D eigenvalue weighted by molar-refractivity contribution is 7.89. The van der Waals surface area contributed by atoms with E-state index < -0.39 is 10.0 Å². The molecule has 0 amide bonds. The number of methoxy groups -OCH3 is 1. The highest BCUT2D eigenvalue weighted by atomic mass is 32.2. The predicted molar refractivity (Wildman–Crippen MR) is 51.0 cm³/mol. The van der Waals surface area contributed by atoms with Crippen molar-refractivity contribution in [3.8, 4) is 0 Å².